The summed E-state index contributed by atoms with van der Waals surface area (Å²) < 4.78 is 26.5. The smallest absolute Gasteiger partial charge is 0.312 e. The van der Waals surface area contributed by atoms with Crippen molar-refractivity contribution in [3.05, 3.63) is 28.3 Å². The van der Waals surface area contributed by atoms with E-state index in [2.05, 4.69) is 0 Å². The van der Waals surface area contributed by atoms with Gasteiger partial charge in [-0.25, -0.2) is 8.42 Å². The third-order valence-electron chi connectivity index (χ3n) is 3.52. The van der Waals surface area contributed by atoms with E-state index in [0.717, 1.165) is 12.1 Å². The highest BCUT2D eigenvalue weighted by molar-refractivity contribution is 7.89. The molecule has 1 saturated heterocycles. The van der Waals surface area contributed by atoms with E-state index in [0.29, 0.717) is 19.6 Å². The van der Waals surface area contributed by atoms with Crippen molar-refractivity contribution in [1.82, 2.24) is 9.21 Å². The summed E-state index contributed by atoms with van der Waals surface area (Å²) in [7, 11) is -1.91. The standard InChI is InChI=1S/C12H17N3O5S/c1-9-8-13(2)5-6-14(9)21(19,20)10-3-4-12(16)11(7-10)15(17)18/h3-4,7,9,16H,5-6,8H2,1-2H3. The third-order valence-corrected chi connectivity index (χ3v) is 5.53. The first-order valence-corrected chi connectivity index (χ1v) is 7.85. The molecule has 1 aliphatic heterocycles. The van der Waals surface area contributed by atoms with Crippen LogP contribution in [0.15, 0.2) is 23.1 Å². The van der Waals surface area contributed by atoms with E-state index in [4.69, 9.17) is 0 Å². The Morgan fingerprint density at radius 2 is 2.05 bits per heavy atom. The first-order chi connectivity index (χ1) is 9.73. The monoisotopic (exact) mass is 315 g/mol. The van der Waals surface area contributed by atoms with Crippen molar-refractivity contribution in [3.8, 4) is 5.75 Å². The Balaban J connectivity index is 2.40. The minimum atomic E-state index is -3.82. The van der Waals surface area contributed by atoms with Gasteiger partial charge in [-0.3, -0.25) is 10.1 Å². The number of sulfonamides is 1. The summed E-state index contributed by atoms with van der Waals surface area (Å²) in [5, 5.41) is 20.2. The first-order valence-electron chi connectivity index (χ1n) is 6.41. The number of hydrogen-bond donors (Lipinski definition) is 1. The zero-order valence-corrected chi connectivity index (χ0v) is 12.6. The lowest BCUT2D eigenvalue weighted by Gasteiger charge is -2.37. The molecule has 1 aliphatic rings. The molecule has 1 N–H and O–H groups in total. The van der Waals surface area contributed by atoms with Gasteiger partial charge in [-0.2, -0.15) is 4.31 Å². The van der Waals surface area contributed by atoms with E-state index in [1.165, 1.54) is 10.4 Å². The highest BCUT2D eigenvalue weighted by Crippen LogP contribution is 2.30. The molecule has 1 unspecified atom stereocenters. The zero-order chi connectivity index (χ0) is 15.8. The van der Waals surface area contributed by atoms with E-state index >= 15 is 0 Å². The Morgan fingerprint density at radius 3 is 2.62 bits per heavy atom. The van der Waals surface area contributed by atoms with Crippen LogP contribution in [0.25, 0.3) is 0 Å². The lowest BCUT2D eigenvalue weighted by Crippen LogP contribution is -2.52. The lowest BCUT2D eigenvalue weighted by molar-refractivity contribution is -0.386. The minimum absolute atomic E-state index is 0.177. The van der Waals surface area contributed by atoms with Crippen LogP contribution < -0.4 is 0 Å². The summed E-state index contributed by atoms with van der Waals surface area (Å²) in [4.78, 5) is 11.9. The third kappa shape index (κ3) is 2.99. The summed E-state index contributed by atoms with van der Waals surface area (Å²) in [5.74, 6) is -0.551. The second-order valence-electron chi connectivity index (χ2n) is 5.13. The van der Waals surface area contributed by atoms with Gasteiger partial charge in [0.05, 0.1) is 9.82 Å². The Morgan fingerprint density at radius 1 is 1.38 bits per heavy atom. The molecule has 0 spiro atoms. The average Bonchev–Trinajstić information content (AvgIpc) is 2.38. The van der Waals surface area contributed by atoms with Crippen molar-refractivity contribution in [2.75, 3.05) is 26.7 Å². The molecule has 116 valence electrons. The summed E-state index contributed by atoms with van der Waals surface area (Å²) in [6, 6.07) is 2.89. The van der Waals surface area contributed by atoms with Gasteiger partial charge < -0.3 is 10.0 Å². The van der Waals surface area contributed by atoms with Gasteiger partial charge in [0.25, 0.3) is 0 Å². The fourth-order valence-electron chi connectivity index (χ4n) is 2.43. The molecular formula is C12H17N3O5S. The van der Waals surface area contributed by atoms with Crippen LogP contribution in [-0.4, -0.2) is 60.4 Å². The predicted molar refractivity (Wildman–Crippen MR) is 75.6 cm³/mol. The van der Waals surface area contributed by atoms with Crippen LogP contribution in [0, 0.1) is 10.1 Å². The molecule has 0 aromatic heterocycles. The average molecular weight is 315 g/mol. The van der Waals surface area contributed by atoms with Crippen molar-refractivity contribution in [1.29, 1.82) is 0 Å². The Labute approximate surface area is 122 Å². The Bertz CT molecular complexity index is 661. The molecule has 1 aromatic carbocycles. The number of aromatic hydroxyl groups is 1. The fraction of sp³-hybridized carbons (Fsp3) is 0.500. The highest BCUT2D eigenvalue weighted by Gasteiger charge is 2.33. The van der Waals surface area contributed by atoms with Gasteiger partial charge in [-0.05, 0) is 26.1 Å². The van der Waals surface area contributed by atoms with Crippen molar-refractivity contribution < 1.29 is 18.4 Å². The number of benzene rings is 1. The SMILES string of the molecule is CC1CN(C)CCN1S(=O)(=O)c1ccc(O)c([N+](=O)[O-])c1. The number of likely N-dealkylation sites (N-methyl/N-ethyl adjacent to an activating group) is 1. The number of phenolic OH excluding ortho intramolecular Hbond substituents is 1. The second-order valence-corrected chi connectivity index (χ2v) is 7.03. The molecule has 0 saturated carbocycles. The van der Waals surface area contributed by atoms with Gasteiger partial charge in [0.2, 0.25) is 10.0 Å². The molecule has 0 bridgehead atoms. The van der Waals surface area contributed by atoms with E-state index in [1.54, 1.807) is 6.92 Å². The number of hydrogen-bond acceptors (Lipinski definition) is 6. The molecule has 1 atom stereocenters. The van der Waals surface area contributed by atoms with Crippen LogP contribution in [0.4, 0.5) is 5.69 Å². The predicted octanol–water partition coefficient (Wildman–Crippen LogP) is 0.625. The topological polar surface area (TPSA) is 104 Å². The number of rotatable bonds is 3. The van der Waals surface area contributed by atoms with Crippen LogP contribution in [-0.2, 0) is 10.0 Å². The number of phenols is 1. The van der Waals surface area contributed by atoms with Crippen LogP contribution in [0.2, 0.25) is 0 Å². The van der Waals surface area contributed by atoms with Gasteiger partial charge in [-0.15, -0.1) is 0 Å². The summed E-state index contributed by atoms with van der Waals surface area (Å²) in [5.41, 5.74) is -0.613. The molecule has 1 fully saturated rings. The molecule has 0 radical (unpaired) electrons. The number of nitro groups is 1. The number of nitro benzene ring substituents is 1. The second kappa shape index (κ2) is 5.58. The van der Waals surface area contributed by atoms with Gasteiger partial charge in [0, 0.05) is 31.7 Å². The Hall–Kier alpha value is -1.71. The van der Waals surface area contributed by atoms with Crippen molar-refractivity contribution in [3.63, 3.8) is 0 Å². The molecule has 21 heavy (non-hydrogen) atoms. The quantitative estimate of drug-likeness (QED) is 0.648. The first kappa shape index (κ1) is 15.7. The minimum Gasteiger partial charge on any atom is -0.502 e. The maximum absolute atomic E-state index is 12.6. The molecule has 0 amide bonds. The van der Waals surface area contributed by atoms with Crippen LogP contribution in [0.5, 0.6) is 5.75 Å². The summed E-state index contributed by atoms with van der Waals surface area (Å²) in [6.07, 6.45) is 0. The molecule has 2 rings (SSSR count). The molecule has 9 heteroatoms. The fourth-order valence-corrected chi connectivity index (χ4v) is 4.06. The maximum atomic E-state index is 12.6. The highest BCUT2D eigenvalue weighted by atomic mass is 32.2. The Kier molecular flexibility index (Phi) is 4.17. The molecular weight excluding hydrogens is 298 g/mol. The summed E-state index contributed by atoms with van der Waals surface area (Å²) >= 11 is 0. The maximum Gasteiger partial charge on any atom is 0.312 e. The number of nitrogens with zero attached hydrogens (tertiary/aromatic N) is 3. The van der Waals surface area contributed by atoms with E-state index in [1.807, 2.05) is 11.9 Å². The van der Waals surface area contributed by atoms with Crippen LogP contribution in [0.1, 0.15) is 6.92 Å². The molecule has 1 aromatic rings. The van der Waals surface area contributed by atoms with Crippen LogP contribution in [0.3, 0.4) is 0 Å². The number of piperazine rings is 1. The van der Waals surface area contributed by atoms with Gasteiger partial charge in [0.15, 0.2) is 5.75 Å². The largest absolute Gasteiger partial charge is 0.502 e. The molecule has 0 aliphatic carbocycles. The van der Waals surface area contributed by atoms with Gasteiger partial charge in [-0.1, -0.05) is 0 Å². The molecule has 8 nitrogen and oxygen atoms in total. The van der Waals surface area contributed by atoms with Crippen molar-refractivity contribution in [2.24, 2.45) is 0 Å². The lowest BCUT2D eigenvalue weighted by atomic mass is 10.2. The summed E-state index contributed by atoms with van der Waals surface area (Å²) in [6.45, 7) is 3.32. The normalized spacial score (nSPS) is 21.3. The van der Waals surface area contributed by atoms with E-state index in [-0.39, 0.29) is 10.9 Å². The van der Waals surface area contributed by atoms with Crippen molar-refractivity contribution in [2.45, 2.75) is 17.9 Å². The zero-order valence-electron chi connectivity index (χ0n) is 11.8. The van der Waals surface area contributed by atoms with Gasteiger partial charge in [0.1, 0.15) is 0 Å². The molecule has 1 heterocycles. The van der Waals surface area contributed by atoms with Gasteiger partial charge >= 0.3 is 5.69 Å². The van der Waals surface area contributed by atoms with E-state index < -0.39 is 26.4 Å². The van der Waals surface area contributed by atoms with Crippen molar-refractivity contribution >= 4 is 15.7 Å². The van der Waals surface area contributed by atoms with Crippen LogP contribution >= 0.6 is 0 Å². The van der Waals surface area contributed by atoms with E-state index in [9.17, 15) is 23.6 Å².